The minimum atomic E-state index is -0.400. The number of rotatable bonds is 5. The molecule has 2 rings (SSSR count). The maximum Gasteiger partial charge on any atom is 0.186 e. The number of anilines is 1. The smallest absolute Gasteiger partial charge is 0.186 e. The molecule has 2 aromatic rings. The molecule has 7 heteroatoms. The topological polar surface area (TPSA) is 68.5 Å². The summed E-state index contributed by atoms with van der Waals surface area (Å²) in [7, 11) is 0. The summed E-state index contributed by atoms with van der Waals surface area (Å²) in [5.74, 6) is 0.545. The Morgan fingerprint density at radius 3 is 2.89 bits per heavy atom. The molecule has 0 aromatic carbocycles. The van der Waals surface area contributed by atoms with Gasteiger partial charge in [0.1, 0.15) is 12.7 Å². The highest BCUT2D eigenvalue weighted by Crippen LogP contribution is 2.13. The van der Waals surface area contributed by atoms with Gasteiger partial charge in [0.25, 0.3) is 0 Å². The highest BCUT2D eigenvalue weighted by Gasteiger charge is 2.10. The quantitative estimate of drug-likeness (QED) is 0.868. The molecule has 0 aliphatic carbocycles. The van der Waals surface area contributed by atoms with E-state index in [4.69, 9.17) is 0 Å². The zero-order chi connectivity index (χ0) is 13.0. The number of aryl methyl sites for hydroxylation is 2. The maximum atomic E-state index is 13.9. The Bertz CT molecular complexity index is 524. The molecular formula is C11H15FN6. The predicted octanol–water partition coefficient (Wildman–Crippen LogP) is 1.40. The first-order chi connectivity index (χ1) is 8.76. The number of nitrogens with zero attached hydrogens (tertiary/aromatic N) is 5. The molecule has 18 heavy (non-hydrogen) atoms. The second-order valence-corrected chi connectivity index (χ2v) is 3.72. The average molecular weight is 250 g/mol. The van der Waals surface area contributed by atoms with Crippen LogP contribution in [0, 0.1) is 5.82 Å². The van der Waals surface area contributed by atoms with Gasteiger partial charge in [-0.2, -0.15) is 0 Å². The van der Waals surface area contributed by atoms with Gasteiger partial charge in [-0.1, -0.05) is 6.92 Å². The third kappa shape index (κ3) is 2.44. The molecule has 0 unspecified atom stereocenters. The van der Waals surface area contributed by atoms with Gasteiger partial charge in [-0.25, -0.2) is 14.4 Å². The minimum Gasteiger partial charge on any atom is -0.360 e. The number of aromatic nitrogens is 5. The maximum absolute atomic E-state index is 13.9. The van der Waals surface area contributed by atoms with E-state index in [0.717, 1.165) is 12.4 Å². The predicted molar refractivity (Wildman–Crippen MR) is 64.4 cm³/mol. The molecule has 0 saturated heterocycles. The zero-order valence-electron chi connectivity index (χ0n) is 10.4. The molecule has 0 fully saturated rings. The van der Waals surface area contributed by atoms with Crippen molar-refractivity contribution >= 4 is 5.82 Å². The van der Waals surface area contributed by atoms with Crippen LogP contribution >= 0.6 is 0 Å². The molecule has 0 spiro atoms. The lowest BCUT2D eigenvalue weighted by molar-refractivity contribution is 0.595. The summed E-state index contributed by atoms with van der Waals surface area (Å²) >= 11 is 0. The SMILES string of the molecule is CCc1ncnc(NCc2nncn2CC)c1F. The first-order valence-electron chi connectivity index (χ1n) is 5.86. The van der Waals surface area contributed by atoms with Crippen molar-refractivity contribution in [2.45, 2.75) is 33.4 Å². The van der Waals surface area contributed by atoms with Crippen molar-refractivity contribution in [3.05, 3.63) is 30.0 Å². The summed E-state index contributed by atoms with van der Waals surface area (Å²) in [6.45, 7) is 5.00. The Kier molecular flexibility index (Phi) is 3.81. The Balaban J connectivity index is 2.11. The fourth-order valence-corrected chi connectivity index (χ4v) is 1.62. The van der Waals surface area contributed by atoms with Gasteiger partial charge in [0.2, 0.25) is 0 Å². The third-order valence-corrected chi connectivity index (χ3v) is 2.65. The van der Waals surface area contributed by atoms with Crippen LogP contribution in [-0.4, -0.2) is 24.7 Å². The number of halogens is 1. The second-order valence-electron chi connectivity index (χ2n) is 3.72. The lowest BCUT2D eigenvalue weighted by atomic mass is 10.3. The molecule has 6 nitrogen and oxygen atoms in total. The van der Waals surface area contributed by atoms with Crippen molar-refractivity contribution < 1.29 is 4.39 Å². The lowest BCUT2D eigenvalue weighted by Crippen LogP contribution is -2.11. The van der Waals surface area contributed by atoms with E-state index in [1.807, 2.05) is 18.4 Å². The summed E-state index contributed by atoms with van der Waals surface area (Å²) in [6, 6.07) is 0. The van der Waals surface area contributed by atoms with E-state index < -0.39 is 5.82 Å². The number of hydrogen-bond donors (Lipinski definition) is 1. The third-order valence-electron chi connectivity index (χ3n) is 2.65. The van der Waals surface area contributed by atoms with Gasteiger partial charge < -0.3 is 9.88 Å². The normalized spacial score (nSPS) is 10.6. The summed E-state index contributed by atoms with van der Waals surface area (Å²) in [5.41, 5.74) is 0.407. The van der Waals surface area contributed by atoms with Crippen LogP contribution in [-0.2, 0) is 19.5 Å². The van der Waals surface area contributed by atoms with Gasteiger partial charge in [0.15, 0.2) is 17.5 Å². The van der Waals surface area contributed by atoms with Gasteiger partial charge in [0, 0.05) is 6.54 Å². The lowest BCUT2D eigenvalue weighted by Gasteiger charge is -2.08. The fourth-order valence-electron chi connectivity index (χ4n) is 1.62. The summed E-state index contributed by atoms with van der Waals surface area (Å²) in [4.78, 5) is 7.76. The Morgan fingerprint density at radius 2 is 2.17 bits per heavy atom. The van der Waals surface area contributed by atoms with Crippen molar-refractivity contribution in [1.29, 1.82) is 0 Å². The molecule has 2 heterocycles. The molecule has 2 aromatic heterocycles. The van der Waals surface area contributed by atoms with Crippen LogP contribution in [0.5, 0.6) is 0 Å². The van der Waals surface area contributed by atoms with Gasteiger partial charge in [-0.15, -0.1) is 10.2 Å². The second kappa shape index (κ2) is 5.52. The van der Waals surface area contributed by atoms with E-state index >= 15 is 0 Å². The van der Waals surface area contributed by atoms with Crippen LogP contribution in [0.3, 0.4) is 0 Å². The van der Waals surface area contributed by atoms with Gasteiger partial charge in [0.05, 0.1) is 12.2 Å². The van der Waals surface area contributed by atoms with E-state index in [1.165, 1.54) is 6.33 Å². The number of hydrogen-bond acceptors (Lipinski definition) is 5. The molecule has 96 valence electrons. The van der Waals surface area contributed by atoms with E-state index in [2.05, 4.69) is 25.5 Å². The molecule has 0 bridgehead atoms. The van der Waals surface area contributed by atoms with E-state index in [0.29, 0.717) is 18.7 Å². The van der Waals surface area contributed by atoms with Crippen LogP contribution in [0.2, 0.25) is 0 Å². The summed E-state index contributed by atoms with van der Waals surface area (Å²) in [6.07, 6.45) is 3.54. The molecule has 0 radical (unpaired) electrons. The fraction of sp³-hybridized carbons (Fsp3) is 0.455. The van der Waals surface area contributed by atoms with Gasteiger partial charge in [-0.3, -0.25) is 0 Å². The van der Waals surface area contributed by atoms with Crippen LogP contribution in [0.15, 0.2) is 12.7 Å². The molecule has 0 amide bonds. The highest BCUT2D eigenvalue weighted by atomic mass is 19.1. The first kappa shape index (κ1) is 12.4. The minimum absolute atomic E-state index is 0.201. The molecular weight excluding hydrogens is 235 g/mol. The summed E-state index contributed by atoms with van der Waals surface area (Å²) in [5, 5.41) is 10.7. The Labute approximate surface area is 104 Å². The molecule has 0 aliphatic rings. The van der Waals surface area contributed by atoms with Crippen LogP contribution in [0.1, 0.15) is 25.4 Å². The van der Waals surface area contributed by atoms with Gasteiger partial charge in [-0.05, 0) is 13.3 Å². The van der Waals surface area contributed by atoms with Crippen molar-refractivity contribution in [3.63, 3.8) is 0 Å². The molecule has 0 atom stereocenters. The molecule has 0 aliphatic heterocycles. The monoisotopic (exact) mass is 250 g/mol. The van der Waals surface area contributed by atoms with E-state index in [9.17, 15) is 4.39 Å². The average Bonchev–Trinajstić information content (AvgIpc) is 2.85. The van der Waals surface area contributed by atoms with Crippen molar-refractivity contribution in [1.82, 2.24) is 24.7 Å². The van der Waals surface area contributed by atoms with E-state index in [1.54, 1.807) is 6.33 Å². The van der Waals surface area contributed by atoms with Crippen LogP contribution in [0.4, 0.5) is 10.2 Å². The van der Waals surface area contributed by atoms with Crippen molar-refractivity contribution in [2.75, 3.05) is 5.32 Å². The van der Waals surface area contributed by atoms with Gasteiger partial charge >= 0.3 is 0 Å². The Hall–Kier alpha value is -2.05. The largest absolute Gasteiger partial charge is 0.360 e. The van der Waals surface area contributed by atoms with Crippen molar-refractivity contribution in [3.8, 4) is 0 Å². The van der Waals surface area contributed by atoms with Crippen molar-refractivity contribution in [2.24, 2.45) is 0 Å². The number of nitrogens with one attached hydrogen (secondary N) is 1. The van der Waals surface area contributed by atoms with E-state index in [-0.39, 0.29) is 5.82 Å². The first-order valence-corrected chi connectivity index (χ1v) is 5.86. The summed E-state index contributed by atoms with van der Waals surface area (Å²) < 4.78 is 15.7. The highest BCUT2D eigenvalue weighted by molar-refractivity contribution is 5.37. The van der Waals surface area contributed by atoms with Crippen LogP contribution < -0.4 is 5.32 Å². The molecule has 1 N–H and O–H groups in total. The standard InChI is InChI=1S/C11H15FN6/c1-3-8-10(12)11(15-6-14-8)13-5-9-17-16-7-18(9)4-2/h6-7H,3-5H2,1-2H3,(H,13,14,15). The zero-order valence-corrected chi connectivity index (χ0v) is 10.4. The molecule has 0 saturated carbocycles. The Morgan fingerprint density at radius 1 is 1.33 bits per heavy atom. The van der Waals surface area contributed by atoms with Crippen LogP contribution in [0.25, 0.3) is 0 Å².